The van der Waals surface area contributed by atoms with Gasteiger partial charge >= 0.3 is 0 Å². The predicted molar refractivity (Wildman–Crippen MR) is 114 cm³/mol. The first-order chi connectivity index (χ1) is 13.9. The molecule has 0 unspecified atom stereocenters. The molecule has 0 fully saturated rings. The van der Waals surface area contributed by atoms with Gasteiger partial charge in [0, 0.05) is 25.8 Å². The van der Waals surface area contributed by atoms with Gasteiger partial charge in [0.15, 0.2) is 0 Å². The molecule has 0 aromatic carbocycles. The third-order valence-corrected chi connectivity index (χ3v) is 5.15. The minimum Gasteiger partial charge on any atom is -0.357 e. The molecule has 1 aliphatic heterocycles. The van der Waals surface area contributed by atoms with Crippen molar-refractivity contribution in [1.29, 1.82) is 0 Å². The van der Waals surface area contributed by atoms with Crippen molar-refractivity contribution in [2.75, 3.05) is 18.0 Å². The topological polar surface area (TPSA) is 89.4 Å². The summed E-state index contributed by atoms with van der Waals surface area (Å²) in [6.07, 6.45) is 0. The lowest BCUT2D eigenvalue weighted by molar-refractivity contribution is 0.738. The van der Waals surface area contributed by atoms with E-state index in [0.29, 0.717) is 17.4 Å². The Labute approximate surface area is 169 Å². The number of aromatic nitrogens is 6. The highest BCUT2D eigenvalue weighted by molar-refractivity contribution is 6.48. The summed E-state index contributed by atoms with van der Waals surface area (Å²) in [5.41, 5.74) is 4.95. The minimum atomic E-state index is 0.611. The smallest absolute Gasteiger partial charge is 0.205 e. The molecule has 0 amide bonds. The Morgan fingerprint density at radius 1 is 1.03 bits per heavy atom. The molecule has 0 spiro atoms. The molecule has 9 heteroatoms. The van der Waals surface area contributed by atoms with Crippen molar-refractivity contribution in [2.24, 2.45) is 17.1 Å². The fourth-order valence-corrected chi connectivity index (χ4v) is 3.34. The van der Waals surface area contributed by atoms with Crippen molar-refractivity contribution in [3.63, 3.8) is 0 Å². The molecular weight excluding hydrogens is 366 g/mol. The Bertz CT molecular complexity index is 1110. The highest BCUT2D eigenvalue weighted by Crippen LogP contribution is 2.26. The van der Waals surface area contributed by atoms with Crippen LogP contribution < -0.4 is 4.90 Å². The van der Waals surface area contributed by atoms with Crippen LogP contribution in [-0.4, -0.2) is 54.2 Å². The zero-order valence-corrected chi connectivity index (χ0v) is 17.7. The second-order valence-electron chi connectivity index (χ2n) is 7.05. The number of aryl methyl sites for hydroxylation is 3. The normalized spacial score (nSPS) is 14.4. The standard InChI is InChI=1S/C20H25N9/c1-7-28(8-2)17-10-9-15(13(4)21-17)22-18-14(5)25-29-19(23-24-20(18)29)16-11-12(3)27(6)26-16/h9-11H,7-8H2,1-6H3/b22-18-. The third kappa shape index (κ3) is 3.22. The van der Waals surface area contributed by atoms with Gasteiger partial charge in [0.1, 0.15) is 17.2 Å². The molecule has 4 heterocycles. The molecule has 0 saturated carbocycles. The molecule has 4 rings (SSSR count). The van der Waals surface area contributed by atoms with Gasteiger partial charge in [-0.15, -0.1) is 10.2 Å². The van der Waals surface area contributed by atoms with Crippen LogP contribution in [0, 0.1) is 13.8 Å². The van der Waals surface area contributed by atoms with Gasteiger partial charge in [-0.25, -0.2) is 9.98 Å². The fraction of sp³-hybridized carbons (Fsp3) is 0.400. The Kier molecular flexibility index (Phi) is 4.73. The molecule has 0 bridgehead atoms. The number of nitrogens with zero attached hydrogens (tertiary/aromatic N) is 9. The van der Waals surface area contributed by atoms with E-state index in [0.717, 1.165) is 47.4 Å². The van der Waals surface area contributed by atoms with E-state index in [9.17, 15) is 0 Å². The van der Waals surface area contributed by atoms with E-state index in [-0.39, 0.29) is 0 Å². The molecule has 0 atom stereocenters. The summed E-state index contributed by atoms with van der Waals surface area (Å²) in [5.74, 6) is 2.19. The van der Waals surface area contributed by atoms with E-state index < -0.39 is 0 Å². The van der Waals surface area contributed by atoms with Crippen LogP contribution in [-0.2, 0) is 7.05 Å². The number of anilines is 1. The Morgan fingerprint density at radius 3 is 2.38 bits per heavy atom. The summed E-state index contributed by atoms with van der Waals surface area (Å²) < 4.78 is 3.52. The lowest BCUT2D eigenvalue weighted by Gasteiger charge is -2.20. The van der Waals surface area contributed by atoms with Gasteiger partial charge in [-0.1, -0.05) is 0 Å². The molecule has 3 aromatic heterocycles. The van der Waals surface area contributed by atoms with Crippen molar-refractivity contribution in [2.45, 2.75) is 34.6 Å². The largest absolute Gasteiger partial charge is 0.357 e. The van der Waals surface area contributed by atoms with Crippen LogP contribution in [0.3, 0.4) is 0 Å². The molecule has 0 N–H and O–H groups in total. The van der Waals surface area contributed by atoms with Gasteiger partial charge in [-0.05, 0) is 52.8 Å². The summed E-state index contributed by atoms with van der Waals surface area (Å²) in [5, 5.41) is 17.7. The highest BCUT2D eigenvalue weighted by Gasteiger charge is 2.27. The van der Waals surface area contributed by atoms with Crippen LogP contribution >= 0.6 is 0 Å². The Hall–Kier alpha value is -3.36. The summed E-state index contributed by atoms with van der Waals surface area (Å²) in [6, 6.07) is 5.98. The number of fused-ring (bicyclic) bond motifs is 1. The first kappa shape index (κ1) is 19.0. The van der Waals surface area contributed by atoms with E-state index in [1.165, 1.54) is 0 Å². The van der Waals surface area contributed by atoms with Crippen molar-refractivity contribution in [1.82, 2.24) is 29.6 Å². The van der Waals surface area contributed by atoms with Crippen LogP contribution in [0.15, 0.2) is 28.3 Å². The van der Waals surface area contributed by atoms with E-state index >= 15 is 0 Å². The number of rotatable bonds is 5. The molecule has 29 heavy (non-hydrogen) atoms. The van der Waals surface area contributed by atoms with Crippen LogP contribution in [0.2, 0.25) is 0 Å². The predicted octanol–water partition coefficient (Wildman–Crippen LogP) is 2.90. The van der Waals surface area contributed by atoms with Crippen molar-refractivity contribution >= 4 is 22.9 Å². The molecule has 9 nitrogen and oxygen atoms in total. The monoisotopic (exact) mass is 391 g/mol. The van der Waals surface area contributed by atoms with E-state index in [4.69, 9.17) is 9.98 Å². The zero-order chi connectivity index (χ0) is 20.7. The van der Waals surface area contributed by atoms with E-state index in [2.05, 4.69) is 39.1 Å². The maximum absolute atomic E-state index is 4.82. The van der Waals surface area contributed by atoms with Gasteiger partial charge in [0.25, 0.3) is 0 Å². The summed E-state index contributed by atoms with van der Waals surface area (Å²) >= 11 is 0. The van der Waals surface area contributed by atoms with E-state index in [1.54, 1.807) is 4.68 Å². The van der Waals surface area contributed by atoms with Crippen molar-refractivity contribution in [3.05, 3.63) is 35.4 Å². The van der Waals surface area contributed by atoms with Gasteiger partial charge in [-0.3, -0.25) is 4.68 Å². The molecule has 150 valence electrons. The third-order valence-electron chi connectivity index (χ3n) is 5.15. The summed E-state index contributed by atoms with van der Waals surface area (Å²) in [6.45, 7) is 12.0. The minimum absolute atomic E-state index is 0.611. The Balaban J connectivity index is 1.72. The number of hydrogen-bond donors (Lipinski definition) is 0. The summed E-state index contributed by atoms with van der Waals surface area (Å²) in [7, 11) is 1.90. The first-order valence-electron chi connectivity index (χ1n) is 9.77. The number of aliphatic imine (C=N–C) groups is 1. The SMILES string of the molecule is CCN(CC)c1ccc(/N=C2/C(C)=Nn3c2nnc3-c2cc(C)n(C)n2)c(C)n1. The van der Waals surface area contributed by atoms with Crippen molar-refractivity contribution in [3.8, 4) is 11.5 Å². The molecule has 0 radical (unpaired) electrons. The Morgan fingerprint density at radius 2 is 1.76 bits per heavy atom. The highest BCUT2D eigenvalue weighted by atomic mass is 15.5. The van der Waals surface area contributed by atoms with Gasteiger partial charge in [-0.2, -0.15) is 14.9 Å². The molecule has 3 aromatic rings. The number of pyridine rings is 1. The van der Waals surface area contributed by atoms with Crippen LogP contribution in [0.5, 0.6) is 0 Å². The molecular formula is C20H25N9. The zero-order valence-electron chi connectivity index (χ0n) is 17.7. The van der Waals surface area contributed by atoms with E-state index in [1.807, 2.05) is 50.7 Å². The number of hydrogen-bond acceptors (Lipinski definition) is 7. The lowest BCUT2D eigenvalue weighted by Crippen LogP contribution is -2.23. The molecule has 1 aliphatic rings. The van der Waals surface area contributed by atoms with Gasteiger partial charge in [0.2, 0.25) is 11.6 Å². The average molecular weight is 391 g/mol. The van der Waals surface area contributed by atoms with Crippen LogP contribution in [0.4, 0.5) is 11.5 Å². The maximum Gasteiger partial charge on any atom is 0.205 e. The second-order valence-corrected chi connectivity index (χ2v) is 7.05. The van der Waals surface area contributed by atoms with Gasteiger partial charge in [0.05, 0.1) is 17.1 Å². The molecule has 0 aliphatic carbocycles. The lowest BCUT2D eigenvalue weighted by atomic mass is 10.2. The first-order valence-corrected chi connectivity index (χ1v) is 9.77. The second kappa shape index (κ2) is 7.23. The fourth-order valence-electron chi connectivity index (χ4n) is 3.34. The maximum atomic E-state index is 4.82. The van der Waals surface area contributed by atoms with Crippen molar-refractivity contribution < 1.29 is 0 Å². The quantitative estimate of drug-likeness (QED) is 0.667. The van der Waals surface area contributed by atoms with Gasteiger partial charge < -0.3 is 4.90 Å². The molecule has 0 saturated heterocycles. The van der Waals surface area contributed by atoms with Crippen LogP contribution in [0.1, 0.15) is 38.0 Å². The summed E-state index contributed by atoms with van der Waals surface area (Å²) in [4.78, 5) is 11.8. The van der Waals surface area contributed by atoms with Crippen LogP contribution in [0.25, 0.3) is 11.5 Å². The average Bonchev–Trinajstić information content (AvgIpc) is 3.33.